The third-order valence-electron chi connectivity index (χ3n) is 2.67. The van der Waals surface area contributed by atoms with Crippen LogP contribution in [-0.2, 0) is 6.54 Å². The van der Waals surface area contributed by atoms with E-state index in [-0.39, 0.29) is 5.69 Å². The van der Waals surface area contributed by atoms with Gasteiger partial charge in [0.25, 0.3) is 0 Å². The van der Waals surface area contributed by atoms with Crippen LogP contribution in [0.15, 0.2) is 35.1 Å². The lowest BCUT2D eigenvalue weighted by Crippen LogP contribution is -2.14. The van der Waals surface area contributed by atoms with E-state index < -0.39 is 0 Å². The zero-order chi connectivity index (χ0) is 13.2. The van der Waals surface area contributed by atoms with E-state index in [4.69, 9.17) is 0 Å². The highest BCUT2D eigenvalue weighted by Gasteiger charge is 2.02. The van der Waals surface area contributed by atoms with E-state index in [1.165, 1.54) is 4.52 Å². The van der Waals surface area contributed by atoms with Crippen molar-refractivity contribution in [2.75, 3.05) is 5.32 Å². The van der Waals surface area contributed by atoms with E-state index in [0.29, 0.717) is 18.0 Å². The van der Waals surface area contributed by atoms with Crippen LogP contribution < -0.4 is 11.0 Å². The summed E-state index contributed by atoms with van der Waals surface area (Å²) >= 11 is 0. The highest BCUT2D eigenvalue weighted by molar-refractivity contribution is 5.43. The molecule has 0 saturated heterocycles. The summed E-state index contributed by atoms with van der Waals surface area (Å²) in [5.74, 6) is 0.597. The average molecular weight is 256 g/mol. The molecule has 0 aliphatic rings. The fourth-order valence-electron chi connectivity index (χ4n) is 1.78. The summed E-state index contributed by atoms with van der Waals surface area (Å²) in [4.78, 5) is 15.8. The van der Waals surface area contributed by atoms with Crippen molar-refractivity contribution >= 4 is 11.5 Å². The van der Waals surface area contributed by atoms with Gasteiger partial charge in [0.2, 0.25) is 0 Å². The predicted octanol–water partition coefficient (Wildman–Crippen LogP) is 0.733. The van der Waals surface area contributed by atoms with Gasteiger partial charge in [-0.15, -0.1) is 5.10 Å². The van der Waals surface area contributed by atoms with Crippen molar-refractivity contribution in [2.45, 2.75) is 13.5 Å². The Labute approximate surface area is 108 Å². The number of nitrogens with zero attached hydrogens (tertiary/aromatic N) is 4. The largest absolute Gasteiger partial charge is 0.364 e. The van der Waals surface area contributed by atoms with E-state index in [9.17, 15) is 4.79 Å². The molecule has 0 fully saturated rings. The van der Waals surface area contributed by atoms with Crippen LogP contribution in [0.3, 0.4) is 0 Å². The second-order valence-electron chi connectivity index (χ2n) is 4.14. The highest BCUT2D eigenvalue weighted by Crippen LogP contribution is 2.05. The highest BCUT2D eigenvalue weighted by atomic mass is 16.2. The van der Waals surface area contributed by atoms with Crippen LogP contribution in [0, 0.1) is 6.92 Å². The first kappa shape index (κ1) is 11.4. The molecule has 7 nitrogen and oxygen atoms in total. The SMILES string of the molecule is Cc1cccc(CNc2ccc3n[nH]c(=O)n3n2)n1. The molecule has 0 unspecified atom stereocenters. The summed E-state index contributed by atoms with van der Waals surface area (Å²) in [5.41, 5.74) is 2.02. The van der Waals surface area contributed by atoms with Gasteiger partial charge >= 0.3 is 5.69 Å². The summed E-state index contributed by atoms with van der Waals surface area (Å²) in [6, 6.07) is 9.32. The Kier molecular flexibility index (Phi) is 2.71. The normalized spacial score (nSPS) is 10.8. The molecule has 96 valence electrons. The maximum absolute atomic E-state index is 11.4. The van der Waals surface area contributed by atoms with Gasteiger partial charge in [0.05, 0.1) is 12.2 Å². The lowest BCUT2D eigenvalue weighted by molar-refractivity contribution is 0.871. The van der Waals surface area contributed by atoms with Gasteiger partial charge in [-0.25, -0.2) is 9.89 Å². The molecule has 19 heavy (non-hydrogen) atoms. The summed E-state index contributed by atoms with van der Waals surface area (Å²) in [7, 11) is 0. The predicted molar refractivity (Wildman–Crippen MR) is 69.9 cm³/mol. The zero-order valence-electron chi connectivity index (χ0n) is 10.3. The molecule has 0 atom stereocenters. The standard InChI is InChI=1S/C12H12N6O/c1-8-3-2-4-9(14-8)7-13-10-5-6-11-15-16-12(19)18(11)17-10/h2-6H,7H2,1H3,(H,13,17)(H,16,19). The number of H-pyrrole nitrogens is 1. The van der Waals surface area contributed by atoms with E-state index in [0.717, 1.165) is 11.4 Å². The number of aryl methyl sites for hydroxylation is 1. The Bertz CT molecular complexity index is 775. The third-order valence-corrected chi connectivity index (χ3v) is 2.67. The molecule has 3 aromatic rings. The van der Waals surface area contributed by atoms with E-state index in [1.54, 1.807) is 12.1 Å². The Morgan fingerprint density at radius 2 is 2.21 bits per heavy atom. The smallest absolute Gasteiger partial charge is 0.363 e. The molecule has 0 bridgehead atoms. The molecule has 0 aliphatic heterocycles. The Hall–Kier alpha value is -2.70. The van der Waals surface area contributed by atoms with Crippen LogP contribution in [0.25, 0.3) is 5.65 Å². The van der Waals surface area contributed by atoms with Gasteiger partial charge in [-0.3, -0.25) is 4.98 Å². The van der Waals surface area contributed by atoms with Crippen molar-refractivity contribution in [1.82, 2.24) is 24.8 Å². The molecule has 0 saturated carbocycles. The molecule has 0 radical (unpaired) electrons. The minimum atomic E-state index is -0.354. The van der Waals surface area contributed by atoms with Crippen molar-refractivity contribution in [3.05, 3.63) is 52.2 Å². The van der Waals surface area contributed by atoms with Crippen LogP contribution in [-0.4, -0.2) is 24.8 Å². The number of rotatable bonds is 3. The lowest BCUT2D eigenvalue weighted by Gasteiger charge is -2.05. The van der Waals surface area contributed by atoms with Crippen molar-refractivity contribution in [1.29, 1.82) is 0 Å². The van der Waals surface area contributed by atoms with Gasteiger partial charge in [0.1, 0.15) is 5.82 Å². The van der Waals surface area contributed by atoms with Crippen molar-refractivity contribution in [2.24, 2.45) is 0 Å². The molecule has 3 aromatic heterocycles. The number of pyridine rings is 1. The van der Waals surface area contributed by atoms with Gasteiger partial charge in [-0.1, -0.05) is 6.07 Å². The van der Waals surface area contributed by atoms with Gasteiger partial charge in [-0.05, 0) is 31.2 Å². The summed E-state index contributed by atoms with van der Waals surface area (Å²) in [5, 5.41) is 13.4. The molecular formula is C12H12N6O. The van der Waals surface area contributed by atoms with Crippen LogP contribution >= 0.6 is 0 Å². The fourth-order valence-corrected chi connectivity index (χ4v) is 1.78. The average Bonchev–Trinajstić information content (AvgIpc) is 2.78. The molecule has 3 rings (SSSR count). The van der Waals surface area contributed by atoms with E-state index >= 15 is 0 Å². The third kappa shape index (κ3) is 2.30. The number of anilines is 1. The quantitative estimate of drug-likeness (QED) is 0.721. The van der Waals surface area contributed by atoms with Gasteiger partial charge in [0, 0.05) is 5.69 Å². The van der Waals surface area contributed by atoms with E-state index in [1.807, 2.05) is 25.1 Å². The van der Waals surface area contributed by atoms with E-state index in [2.05, 4.69) is 25.6 Å². The number of hydrogen-bond donors (Lipinski definition) is 2. The zero-order valence-corrected chi connectivity index (χ0v) is 10.3. The van der Waals surface area contributed by atoms with Crippen LogP contribution in [0.2, 0.25) is 0 Å². The topological polar surface area (TPSA) is 88.0 Å². The molecule has 0 amide bonds. The first-order valence-corrected chi connectivity index (χ1v) is 5.83. The minimum Gasteiger partial charge on any atom is -0.363 e. The number of hydrogen-bond acceptors (Lipinski definition) is 5. The lowest BCUT2D eigenvalue weighted by atomic mass is 10.3. The van der Waals surface area contributed by atoms with Crippen LogP contribution in [0.4, 0.5) is 5.82 Å². The molecule has 7 heteroatoms. The summed E-state index contributed by atoms with van der Waals surface area (Å²) in [6.07, 6.45) is 0. The fraction of sp³-hybridized carbons (Fsp3) is 0.167. The second kappa shape index (κ2) is 4.52. The molecule has 3 heterocycles. The molecular weight excluding hydrogens is 244 g/mol. The summed E-state index contributed by atoms with van der Waals surface area (Å²) in [6.45, 7) is 2.49. The molecule has 0 aliphatic carbocycles. The number of aromatic nitrogens is 5. The van der Waals surface area contributed by atoms with Crippen LogP contribution in [0.1, 0.15) is 11.4 Å². The van der Waals surface area contributed by atoms with Crippen molar-refractivity contribution in [3.8, 4) is 0 Å². The number of nitrogens with one attached hydrogen (secondary N) is 2. The van der Waals surface area contributed by atoms with Gasteiger partial charge < -0.3 is 5.32 Å². The monoisotopic (exact) mass is 256 g/mol. The Morgan fingerprint density at radius 1 is 1.32 bits per heavy atom. The first-order valence-electron chi connectivity index (χ1n) is 5.83. The molecule has 0 aromatic carbocycles. The van der Waals surface area contributed by atoms with Gasteiger partial charge in [-0.2, -0.15) is 9.61 Å². The van der Waals surface area contributed by atoms with Crippen LogP contribution in [0.5, 0.6) is 0 Å². The Morgan fingerprint density at radius 3 is 3.05 bits per heavy atom. The van der Waals surface area contributed by atoms with Crippen molar-refractivity contribution < 1.29 is 0 Å². The second-order valence-corrected chi connectivity index (χ2v) is 4.14. The van der Waals surface area contributed by atoms with Crippen molar-refractivity contribution in [3.63, 3.8) is 0 Å². The number of aromatic amines is 1. The molecule has 0 spiro atoms. The van der Waals surface area contributed by atoms with Gasteiger partial charge in [0.15, 0.2) is 5.65 Å². The number of fused-ring (bicyclic) bond motifs is 1. The molecule has 2 N–H and O–H groups in total. The maximum atomic E-state index is 11.4. The Balaban J connectivity index is 1.81. The maximum Gasteiger partial charge on any atom is 0.364 e. The first-order chi connectivity index (χ1) is 9.22. The summed E-state index contributed by atoms with van der Waals surface area (Å²) < 4.78 is 1.21. The minimum absolute atomic E-state index is 0.354.